The predicted octanol–water partition coefficient (Wildman–Crippen LogP) is -5.95. The zero-order valence-electron chi connectivity index (χ0n) is 80.1. The van der Waals surface area contributed by atoms with Crippen molar-refractivity contribution in [3.05, 3.63) is 0 Å². The molecule has 0 radical (unpaired) electrons. The Balaban J connectivity index is 0.000000844. The number of hydrogen-bond donors (Lipinski definition) is 36. The van der Waals surface area contributed by atoms with Crippen LogP contribution >= 0.6 is 24.4 Å². The molecule has 800 valence electrons. The van der Waals surface area contributed by atoms with E-state index >= 15 is 0 Å². The standard InChI is InChI=1S/C19H37NO6S.C18H35NO8.C18H35NO7S.C17H34N2O8.C17H33NO9/c1-3-5-16(27)20-14(15(23)9-13(22)4-2)7-6-11-8-12(10-21)18(25)19(26)17(11)24;1-3-12(21)8-14(22)13(19-18(26)27-4-2)6-5-10-7-11(9-20)16(24)17(25)15(10)23;1-3-5-15(27)19-12(13(22)7-11(21)4-2)9-26-14-6-10(8-20)16(23)18(25)17(14)24;1-3-10(21)6-12(22)11(19-17(26)18-4-2)8-27-13-5-9(7-20)14(23)16(25)15(13)24;1-3-10(20)6-12(21)11(18-17(25)26-4-2)8-27-13-5-9(7-19)14(22)16(24)15(13)23/h11-15,17-19,21-26H,3-10H2,1-2H3,(H,20,27);10-17,20-25H,3-9H2,1-2H3,(H,19,26);10-14,16-18,20-25H,3-9H2,1-2H3,(H,19,27);9-16,20-25H,3-8H2,1-2H3,(H2,18,19,26);9-16,19-24H,3-8H2,1-2H3,(H,18,25). The summed E-state index contributed by atoms with van der Waals surface area (Å²) in [5.41, 5.74) is 0. The van der Waals surface area contributed by atoms with Gasteiger partial charge in [-0.25, -0.2) is 14.4 Å². The summed E-state index contributed by atoms with van der Waals surface area (Å²) in [5, 5.41) is 314. The van der Waals surface area contributed by atoms with Crippen molar-refractivity contribution in [2.24, 2.45) is 41.4 Å². The van der Waals surface area contributed by atoms with E-state index in [1.54, 1.807) is 41.5 Å². The largest absolute Gasteiger partial charge is 0.450 e. The lowest BCUT2D eigenvalue weighted by Gasteiger charge is -2.40. The van der Waals surface area contributed by atoms with Gasteiger partial charge < -0.3 is 209 Å². The highest BCUT2D eigenvalue weighted by atomic mass is 32.1. The van der Waals surface area contributed by atoms with Crippen molar-refractivity contribution in [1.82, 2.24) is 31.9 Å². The molecule has 36 N–H and O–H groups in total. The third-order valence-electron chi connectivity index (χ3n) is 25.9. The van der Waals surface area contributed by atoms with Crippen LogP contribution in [0.3, 0.4) is 0 Å². The molecule has 0 aromatic rings. The second kappa shape index (κ2) is 70.1. The van der Waals surface area contributed by atoms with E-state index in [2.05, 4.69) is 31.9 Å². The van der Waals surface area contributed by atoms with Gasteiger partial charge in [0.1, 0.15) is 48.8 Å². The number of nitrogens with one attached hydrogen (secondary N) is 6. The van der Waals surface area contributed by atoms with E-state index in [1.165, 1.54) is 0 Å². The van der Waals surface area contributed by atoms with E-state index in [9.17, 15) is 168 Å². The fraction of sp³-hybridized carbons (Fsp3) is 0.944. The van der Waals surface area contributed by atoms with Gasteiger partial charge in [-0.2, -0.15) is 0 Å². The van der Waals surface area contributed by atoms with Gasteiger partial charge in [0, 0.05) is 101 Å². The van der Waals surface area contributed by atoms with E-state index in [0.717, 1.165) is 12.8 Å². The van der Waals surface area contributed by atoms with Crippen molar-refractivity contribution in [3.8, 4) is 0 Å². The van der Waals surface area contributed by atoms with Crippen LogP contribution in [0, 0.1) is 41.4 Å². The van der Waals surface area contributed by atoms with Gasteiger partial charge in [0.15, 0.2) is 0 Å². The van der Waals surface area contributed by atoms with Crippen LogP contribution in [0.15, 0.2) is 0 Å². The number of amides is 4. The van der Waals surface area contributed by atoms with Gasteiger partial charge in [-0.1, -0.05) is 72.9 Å². The molecule has 0 aromatic carbocycles. The summed E-state index contributed by atoms with van der Waals surface area (Å²) in [6.45, 7) is 16.6. The van der Waals surface area contributed by atoms with Crippen LogP contribution in [-0.4, -0.2) is 455 Å². The number of ether oxygens (including phenoxy) is 5. The summed E-state index contributed by atoms with van der Waals surface area (Å²) >= 11 is 10.6. The summed E-state index contributed by atoms with van der Waals surface area (Å²) in [5.74, 6) is -3.66. The fourth-order valence-corrected chi connectivity index (χ4v) is 17.4. The summed E-state index contributed by atoms with van der Waals surface area (Å²) < 4.78 is 26.6. The number of aliphatic hydroxyl groups excluding tert-OH is 30. The first-order valence-electron chi connectivity index (χ1n) is 48.1. The molecule has 40 atom stereocenters. The lowest BCUT2D eigenvalue weighted by Crippen LogP contribution is -2.57. The van der Waals surface area contributed by atoms with E-state index in [0.29, 0.717) is 93.6 Å². The summed E-state index contributed by atoms with van der Waals surface area (Å²) in [7, 11) is 0. The fourth-order valence-electron chi connectivity index (χ4n) is 16.7. The molecule has 5 aliphatic rings. The number of rotatable bonds is 52. The normalized spacial score (nSPS) is 31.8. The Kier molecular flexibility index (Phi) is 67.1. The lowest BCUT2D eigenvalue weighted by atomic mass is 9.73. The molecule has 5 rings (SSSR count). The molecule has 0 aliphatic heterocycles. The molecule has 4 amide bonds. The smallest absolute Gasteiger partial charge is 0.407 e. The molecule has 44 nitrogen and oxygen atoms in total. The molecule has 5 saturated carbocycles. The van der Waals surface area contributed by atoms with Crippen molar-refractivity contribution in [1.29, 1.82) is 0 Å². The summed E-state index contributed by atoms with van der Waals surface area (Å²) in [4.78, 5) is 36.5. The van der Waals surface area contributed by atoms with Gasteiger partial charge in [0.25, 0.3) is 0 Å². The zero-order valence-corrected chi connectivity index (χ0v) is 81.8. The van der Waals surface area contributed by atoms with Crippen LogP contribution in [0.1, 0.15) is 217 Å². The monoisotopic (exact) mass is 2000 g/mol. The molecule has 40 unspecified atom stereocenters. The number of thiocarbonyl (C=S) groups is 2. The number of aliphatic hydroxyl groups is 30. The first-order valence-corrected chi connectivity index (χ1v) is 48.9. The van der Waals surface area contributed by atoms with E-state index < -0.39 is 249 Å². The average molecular weight is 2000 g/mol. The zero-order chi connectivity index (χ0) is 103. The molecule has 0 spiro atoms. The van der Waals surface area contributed by atoms with E-state index in [-0.39, 0.29) is 136 Å². The Morgan fingerprint density at radius 1 is 0.304 bits per heavy atom. The molecule has 0 aromatic heterocycles. The maximum Gasteiger partial charge on any atom is 0.407 e. The highest BCUT2D eigenvalue weighted by molar-refractivity contribution is 7.80. The topological polar surface area (TPSA) is 776 Å². The Hall–Kier alpha value is -3.73. The van der Waals surface area contributed by atoms with Crippen LogP contribution < -0.4 is 31.9 Å². The molecule has 0 bridgehead atoms. The first-order chi connectivity index (χ1) is 63.7. The molecular formula is C89H174N6O38S2. The van der Waals surface area contributed by atoms with Gasteiger partial charge in [0.2, 0.25) is 0 Å². The minimum atomic E-state index is -1.48. The van der Waals surface area contributed by atoms with Crippen LogP contribution in [-0.2, 0) is 23.7 Å². The summed E-state index contributed by atoms with van der Waals surface area (Å²) in [6, 6.07) is -3.95. The molecule has 0 saturated heterocycles. The van der Waals surface area contributed by atoms with Gasteiger partial charge in [0.05, 0.1) is 195 Å². The number of alkyl carbamates (subject to hydrolysis) is 2. The second-order valence-electron chi connectivity index (χ2n) is 36.3. The molecule has 0 heterocycles. The lowest BCUT2D eigenvalue weighted by molar-refractivity contribution is -0.181. The maximum atomic E-state index is 11.8. The number of carbonyl (C=O) groups excluding carboxylic acids is 3. The Morgan fingerprint density at radius 3 is 0.793 bits per heavy atom. The van der Waals surface area contributed by atoms with Crippen LogP contribution in [0.25, 0.3) is 0 Å². The molecule has 5 aliphatic carbocycles. The van der Waals surface area contributed by atoms with Gasteiger partial charge in [-0.15, -0.1) is 0 Å². The van der Waals surface area contributed by atoms with Crippen molar-refractivity contribution in [2.45, 2.75) is 418 Å². The van der Waals surface area contributed by atoms with Gasteiger partial charge >= 0.3 is 18.2 Å². The van der Waals surface area contributed by atoms with Crippen molar-refractivity contribution in [3.63, 3.8) is 0 Å². The highest BCUT2D eigenvalue weighted by Crippen LogP contribution is 2.37. The quantitative estimate of drug-likeness (QED) is 0.0252. The SMILES string of the molecule is CCCC(=S)NC(CCC1CC(CO)C(O)C(O)C1O)C(O)CC(O)CC.CCCC(=S)NC(COC1CC(CO)C(O)C(O)C1O)C(O)CC(O)CC.CCNC(=O)NC(COC1CC(CO)C(O)C(O)C1O)C(O)CC(O)CC.CCOC(=O)NC(CCC1CC(CO)C(O)C(O)C1O)C(O)CC(O)CC.CCOC(=O)NC(COC1CC(CO)C(O)C(O)C1O)C(O)CC(O)CC. The van der Waals surface area contributed by atoms with Crippen molar-refractivity contribution >= 4 is 52.6 Å². The number of urea groups is 1. The van der Waals surface area contributed by atoms with Crippen LogP contribution in [0.4, 0.5) is 14.4 Å². The third kappa shape index (κ3) is 45.8. The van der Waals surface area contributed by atoms with Crippen LogP contribution in [0.5, 0.6) is 0 Å². The minimum absolute atomic E-state index is 0.00472. The van der Waals surface area contributed by atoms with Crippen LogP contribution in [0.2, 0.25) is 0 Å². The van der Waals surface area contributed by atoms with Crippen molar-refractivity contribution in [2.75, 3.05) is 72.6 Å². The average Bonchev–Trinajstić information content (AvgIpc) is 0.833. The first kappa shape index (κ1) is 129. The molecule has 135 heavy (non-hydrogen) atoms. The highest BCUT2D eigenvalue weighted by Gasteiger charge is 2.49. The molecular weight excluding hydrogens is 1830 g/mol. The second-order valence-corrected chi connectivity index (χ2v) is 37.3. The number of hydrogen-bond acceptors (Lipinski definition) is 40. The third-order valence-corrected chi connectivity index (χ3v) is 26.5. The molecule has 5 fully saturated rings. The van der Waals surface area contributed by atoms with E-state index in [1.807, 2.05) is 27.7 Å². The van der Waals surface area contributed by atoms with Gasteiger partial charge in [-0.05, 0) is 148 Å². The molecule has 46 heteroatoms. The van der Waals surface area contributed by atoms with Gasteiger partial charge in [-0.3, -0.25) is 0 Å². The van der Waals surface area contributed by atoms with E-state index in [4.69, 9.17) is 48.1 Å². The number of carbonyl (C=O) groups is 3. The Bertz CT molecular complexity index is 2650. The van der Waals surface area contributed by atoms with Crippen molar-refractivity contribution < 1.29 is 191 Å². The summed E-state index contributed by atoms with van der Waals surface area (Å²) in [6.07, 6.45) is -23.2. The Morgan fingerprint density at radius 2 is 0.533 bits per heavy atom. The maximum absolute atomic E-state index is 11.8. The Labute approximate surface area is 804 Å². The predicted molar refractivity (Wildman–Crippen MR) is 498 cm³/mol. The minimum Gasteiger partial charge on any atom is -0.450 e.